The molecule has 0 bridgehead atoms. The molecule has 0 saturated carbocycles. The van der Waals surface area contributed by atoms with E-state index in [1.54, 1.807) is 0 Å². The minimum Gasteiger partial charge on any atom is -0.344 e. The second kappa shape index (κ2) is 12.4. The number of phosphoric acid groups is 1. The van der Waals surface area contributed by atoms with Crippen LogP contribution in [0.5, 0.6) is 0 Å². The molecule has 140 valence electrons. The molecule has 2 N–H and O–H groups in total. The zero-order valence-corrected chi connectivity index (χ0v) is 16.0. The topological polar surface area (TPSA) is 85.2 Å². The van der Waals surface area contributed by atoms with Crippen molar-refractivity contribution in [3.8, 4) is 0 Å². The molecule has 0 heterocycles. The van der Waals surface area contributed by atoms with Gasteiger partial charge in [0.05, 0.1) is 5.60 Å². The Kier molecular flexibility index (Phi) is 12.4. The van der Waals surface area contributed by atoms with Crippen LogP contribution in [0.2, 0.25) is 0 Å². The lowest BCUT2D eigenvalue weighted by molar-refractivity contribution is -0.347. The van der Waals surface area contributed by atoms with Gasteiger partial charge in [0.1, 0.15) is 0 Å². The molecule has 1 atom stereocenters. The summed E-state index contributed by atoms with van der Waals surface area (Å²) in [6.07, 6.45) is 10.6. The maximum atomic E-state index is 10.7. The molecule has 0 amide bonds. The van der Waals surface area contributed by atoms with Crippen LogP contribution in [0.3, 0.4) is 0 Å². The van der Waals surface area contributed by atoms with E-state index < -0.39 is 19.7 Å². The van der Waals surface area contributed by atoms with E-state index in [9.17, 15) is 4.57 Å². The summed E-state index contributed by atoms with van der Waals surface area (Å²) in [5, 5.41) is 0. The number of rotatable bonds is 14. The second-order valence-electron chi connectivity index (χ2n) is 6.94. The van der Waals surface area contributed by atoms with Crippen LogP contribution in [0.1, 0.15) is 91.9 Å². The summed E-state index contributed by atoms with van der Waals surface area (Å²) in [4.78, 5) is 22.2. The monoisotopic (exact) mass is 354 g/mol. The second-order valence-corrected chi connectivity index (χ2v) is 8.07. The molecule has 1 unspecified atom stereocenters. The van der Waals surface area contributed by atoms with E-state index in [2.05, 4.69) is 11.6 Å². The molecule has 6 nitrogen and oxygen atoms in total. The SMILES string of the molecule is CCCCCCCCCCCC(OOP(=O)(O)O)OC(C)(C)C. The standard InChI is InChI=1S/C16H35O6P/c1-5-6-7-8-9-10-11-12-13-14-15(20-16(2,3)4)21-22-23(17,18)19/h15H,5-14H2,1-4H3,(H2,17,18,19). The Labute approximate surface area is 141 Å². The van der Waals surface area contributed by atoms with Gasteiger partial charge in [-0.25, -0.2) is 4.57 Å². The Hall–Kier alpha value is 0.0300. The summed E-state index contributed by atoms with van der Waals surface area (Å²) < 4.78 is 20.4. The largest absolute Gasteiger partial charge is 0.496 e. The fraction of sp³-hybridized carbons (Fsp3) is 1.00. The maximum Gasteiger partial charge on any atom is 0.496 e. The van der Waals surface area contributed by atoms with E-state index in [0.29, 0.717) is 6.42 Å². The molecule has 0 aliphatic carbocycles. The molecule has 0 aromatic rings. The van der Waals surface area contributed by atoms with Gasteiger partial charge in [0.2, 0.25) is 0 Å². The highest BCUT2D eigenvalue weighted by molar-refractivity contribution is 7.46. The van der Waals surface area contributed by atoms with Crippen molar-refractivity contribution in [1.29, 1.82) is 0 Å². The van der Waals surface area contributed by atoms with Crippen LogP contribution >= 0.6 is 7.82 Å². The first-order chi connectivity index (χ1) is 10.6. The predicted octanol–water partition coefficient (Wildman–Crippen LogP) is 5.09. The van der Waals surface area contributed by atoms with E-state index in [-0.39, 0.29) is 0 Å². The van der Waals surface area contributed by atoms with Gasteiger partial charge >= 0.3 is 7.82 Å². The van der Waals surface area contributed by atoms with Crippen LogP contribution < -0.4 is 0 Å². The molecule has 0 spiro atoms. The zero-order chi connectivity index (χ0) is 17.8. The third-order valence-corrected chi connectivity index (χ3v) is 3.56. The van der Waals surface area contributed by atoms with Gasteiger partial charge in [0.15, 0.2) is 6.29 Å². The van der Waals surface area contributed by atoms with E-state index in [0.717, 1.165) is 19.3 Å². The maximum absolute atomic E-state index is 10.7. The minimum absolute atomic E-state index is 0.470. The zero-order valence-electron chi connectivity index (χ0n) is 15.1. The molecule has 0 aromatic carbocycles. The highest BCUT2D eigenvalue weighted by Crippen LogP contribution is 2.37. The van der Waals surface area contributed by atoms with Crippen LogP contribution in [0.15, 0.2) is 0 Å². The first kappa shape index (κ1) is 23.0. The van der Waals surface area contributed by atoms with Crippen molar-refractivity contribution >= 4 is 7.82 Å². The van der Waals surface area contributed by atoms with E-state index in [1.807, 2.05) is 20.8 Å². The van der Waals surface area contributed by atoms with Crippen LogP contribution in [-0.2, 0) is 18.9 Å². The van der Waals surface area contributed by atoms with E-state index in [1.165, 1.54) is 38.5 Å². The van der Waals surface area contributed by atoms with Gasteiger partial charge in [0, 0.05) is 6.42 Å². The normalized spacial score (nSPS) is 14.2. The van der Waals surface area contributed by atoms with Crippen molar-refractivity contribution in [2.24, 2.45) is 0 Å². The number of ether oxygens (including phenoxy) is 1. The van der Waals surface area contributed by atoms with Crippen molar-refractivity contribution in [3.63, 3.8) is 0 Å². The van der Waals surface area contributed by atoms with Crippen molar-refractivity contribution in [2.45, 2.75) is 104 Å². The summed E-state index contributed by atoms with van der Waals surface area (Å²) in [6.45, 7) is 7.79. The molecule has 0 aliphatic heterocycles. The Bertz CT molecular complexity index is 323. The van der Waals surface area contributed by atoms with Crippen molar-refractivity contribution in [1.82, 2.24) is 0 Å². The van der Waals surface area contributed by atoms with Crippen molar-refractivity contribution in [3.05, 3.63) is 0 Å². The molecule has 0 aromatic heterocycles. The molecular formula is C16H35O6P. The lowest BCUT2D eigenvalue weighted by Crippen LogP contribution is -2.29. The fourth-order valence-corrected chi connectivity index (χ4v) is 2.45. The van der Waals surface area contributed by atoms with Gasteiger partial charge in [-0.1, -0.05) is 58.3 Å². The van der Waals surface area contributed by atoms with Crippen LogP contribution in [-0.4, -0.2) is 21.7 Å². The summed E-state index contributed by atoms with van der Waals surface area (Å²) in [5.74, 6) is 0. The van der Waals surface area contributed by atoms with E-state index >= 15 is 0 Å². The third kappa shape index (κ3) is 18.2. The quantitative estimate of drug-likeness (QED) is 0.149. The van der Waals surface area contributed by atoms with Crippen LogP contribution in [0.25, 0.3) is 0 Å². The third-order valence-electron chi connectivity index (χ3n) is 3.28. The van der Waals surface area contributed by atoms with Gasteiger partial charge in [-0.3, -0.25) is 0 Å². The Morgan fingerprint density at radius 3 is 1.83 bits per heavy atom. The van der Waals surface area contributed by atoms with E-state index in [4.69, 9.17) is 19.4 Å². The molecule has 0 aliphatic rings. The smallest absolute Gasteiger partial charge is 0.344 e. The number of unbranched alkanes of at least 4 members (excludes halogenated alkanes) is 8. The molecule has 0 fully saturated rings. The van der Waals surface area contributed by atoms with Crippen molar-refractivity contribution < 1.29 is 28.7 Å². The fourth-order valence-electron chi connectivity index (χ4n) is 2.25. The van der Waals surface area contributed by atoms with Gasteiger partial charge in [-0.05, 0) is 27.2 Å². The molecule has 0 rings (SSSR count). The number of hydrogen-bond acceptors (Lipinski definition) is 4. The molecule has 23 heavy (non-hydrogen) atoms. The highest BCUT2D eigenvalue weighted by atomic mass is 31.2. The predicted molar refractivity (Wildman–Crippen MR) is 90.7 cm³/mol. The average molecular weight is 354 g/mol. The number of hydrogen-bond donors (Lipinski definition) is 2. The lowest BCUT2D eigenvalue weighted by Gasteiger charge is -2.26. The summed E-state index contributed by atoms with van der Waals surface area (Å²) >= 11 is 0. The first-order valence-electron chi connectivity index (χ1n) is 8.72. The first-order valence-corrected chi connectivity index (χ1v) is 10.3. The molecule has 0 saturated heterocycles. The summed E-state index contributed by atoms with van der Waals surface area (Å²) in [7, 11) is -4.65. The Morgan fingerprint density at radius 1 is 0.913 bits per heavy atom. The van der Waals surface area contributed by atoms with Crippen LogP contribution in [0, 0.1) is 0 Å². The summed E-state index contributed by atoms with van der Waals surface area (Å²) in [5.41, 5.74) is -0.470. The van der Waals surface area contributed by atoms with Gasteiger partial charge in [-0.2, -0.15) is 4.89 Å². The molecule has 7 heteroatoms. The Morgan fingerprint density at radius 2 is 1.39 bits per heavy atom. The molecule has 0 radical (unpaired) electrons. The van der Waals surface area contributed by atoms with Crippen molar-refractivity contribution in [2.75, 3.05) is 0 Å². The minimum atomic E-state index is -4.65. The summed E-state index contributed by atoms with van der Waals surface area (Å²) in [6, 6.07) is 0. The molecular weight excluding hydrogens is 319 g/mol. The van der Waals surface area contributed by atoms with Gasteiger partial charge in [-0.15, -0.1) is 4.67 Å². The van der Waals surface area contributed by atoms with Gasteiger partial charge in [0.25, 0.3) is 0 Å². The van der Waals surface area contributed by atoms with Crippen LogP contribution in [0.4, 0.5) is 0 Å². The Balaban J connectivity index is 3.85. The van der Waals surface area contributed by atoms with Gasteiger partial charge < -0.3 is 14.5 Å². The lowest BCUT2D eigenvalue weighted by atomic mass is 10.1. The average Bonchev–Trinajstić information content (AvgIpc) is 2.40. The highest BCUT2D eigenvalue weighted by Gasteiger charge is 2.24.